The van der Waals surface area contributed by atoms with Crippen LogP contribution in [0.5, 0.6) is 0 Å². The van der Waals surface area contributed by atoms with Gasteiger partial charge in [-0.2, -0.15) is 0 Å². The minimum absolute atomic E-state index is 0. The summed E-state index contributed by atoms with van der Waals surface area (Å²) in [4.78, 5) is 15.1. The highest BCUT2D eigenvalue weighted by atomic mass is 35.5. The summed E-state index contributed by atoms with van der Waals surface area (Å²) in [6.45, 7) is 5.47. The molecule has 2 saturated heterocycles. The molecule has 0 spiro atoms. The molecule has 3 rings (SSSR count). The molecule has 0 aliphatic carbocycles. The van der Waals surface area contributed by atoms with E-state index in [1.807, 2.05) is 35.2 Å². The Bertz CT molecular complexity index is 549. The molecule has 1 amide bonds. The summed E-state index contributed by atoms with van der Waals surface area (Å²) in [6.07, 6.45) is 1.89. The van der Waals surface area contributed by atoms with Crippen LogP contribution in [-0.4, -0.2) is 54.8 Å². The Morgan fingerprint density at radius 2 is 2.20 bits per heavy atom. The Morgan fingerprint density at radius 1 is 1.44 bits per heavy atom. The molecule has 0 aromatic heterocycles. The van der Waals surface area contributed by atoms with E-state index in [9.17, 15) is 9.90 Å². The fourth-order valence-corrected chi connectivity index (χ4v) is 3.77. The lowest BCUT2D eigenvalue weighted by atomic mass is 9.80. The van der Waals surface area contributed by atoms with Crippen molar-refractivity contribution in [2.24, 2.45) is 5.41 Å². The van der Waals surface area contributed by atoms with Gasteiger partial charge in [0.25, 0.3) is 0 Å². The average Bonchev–Trinajstić information content (AvgIpc) is 2.63. The molecule has 5 nitrogen and oxygen atoms in total. The lowest BCUT2D eigenvalue weighted by molar-refractivity contribution is -0.152. The number of aliphatic hydroxyl groups is 1. The summed E-state index contributed by atoms with van der Waals surface area (Å²) in [5, 5.41) is 13.9. The topological polar surface area (TPSA) is 61.8 Å². The van der Waals surface area contributed by atoms with Crippen molar-refractivity contribution in [3.8, 4) is 0 Å². The first-order valence-corrected chi connectivity index (χ1v) is 8.93. The molecule has 0 radical (unpaired) electrons. The number of nitrogens with zero attached hydrogens (tertiary/aromatic N) is 1. The minimum atomic E-state index is -0.578. The van der Waals surface area contributed by atoms with Crippen LogP contribution >= 0.6 is 12.4 Å². The number of carbonyl (C=O) groups excluding carboxylic acids is 1. The molecule has 0 saturated carbocycles. The number of morpholine rings is 1. The predicted molar refractivity (Wildman–Crippen MR) is 99.8 cm³/mol. The second-order valence-electron chi connectivity index (χ2n) is 7.23. The van der Waals surface area contributed by atoms with E-state index >= 15 is 0 Å². The fraction of sp³-hybridized carbons (Fsp3) is 0.632. The van der Waals surface area contributed by atoms with Gasteiger partial charge < -0.3 is 20.1 Å². The number of aliphatic hydroxyl groups excluding tert-OH is 1. The number of hydrogen-bond donors (Lipinski definition) is 2. The molecule has 2 fully saturated rings. The largest absolute Gasteiger partial charge is 0.388 e. The summed E-state index contributed by atoms with van der Waals surface area (Å²) in [6, 6.07) is 9.56. The number of nitrogens with one attached hydrogen (secondary N) is 1. The first-order chi connectivity index (χ1) is 11.6. The highest BCUT2D eigenvalue weighted by Crippen LogP contribution is 2.31. The van der Waals surface area contributed by atoms with Gasteiger partial charge in [-0.3, -0.25) is 4.79 Å². The molecule has 1 aromatic rings. The van der Waals surface area contributed by atoms with Crippen LogP contribution in [0, 0.1) is 5.41 Å². The lowest BCUT2D eigenvalue weighted by Crippen LogP contribution is -2.57. The van der Waals surface area contributed by atoms with E-state index in [1.165, 1.54) is 0 Å². The van der Waals surface area contributed by atoms with E-state index in [4.69, 9.17) is 4.74 Å². The summed E-state index contributed by atoms with van der Waals surface area (Å²) in [5.74, 6) is 0.197. The van der Waals surface area contributed by atoms with Gasteiger partial charge in [0.1, 0.15) is 0 Å². The average molecular weight is 369 g/mol. The molecule has 2 aliphatic heterocycles. The molecule has 6 heteroatoms. The molecular weight excluding hydrogens is 340 g/mol. The molecule has 1 aromatic carbocycles. The molecule has 2 N–H and O–H groups in total. The lowest BCUT2D eigenvalue weighted by Gasteiger charge is -2.43. The second kappa shape index (κ2) is 8.99. The van der Waals surface area contributed by atoms with Crippen LogP contribution in [0.1, 0.15) is 37.9 Å². The van der Waals surface area contributed by atoms with Gasteiger partial charge in [-0.1, -0.05) is 30.3 Å². The SMILES string of the molecule is CC1(C(=O)N2CCOCC2CC(O)c2ccccc2)CCCNC1.Cl. The van der Waals surface area contributed by atoms with Crippen molar-refractivity contribution in [2.45, 2.75) is 38.3 Å². The molecule has 25 heavy (non-hydrogen) atoms. The molecular formula is C19H29ClN2O3. The van der Waals surface area contributed by atoms with Crippen molar-refractivity contribution in [1.82, 2.24) is 10.2 Å². The highest BCUT2D eigenvalue weighted by Gasteiger charge is 2.41. The minimum Gasteiger partial charge on any atom is -0.388 e. The van der Waals surface area contributed by atoms with Gasteiger partial charge in [0.2, 0.25) is 5.91 Å². The van der Waals surface area contributed by atoms with Crippen LogP contribution in [0.3, 0.4) is 0 Å². The van der Waals surface area contributed by atoms with Gasteiger partial charge in [0.05, 0.1) is 30.8 Å². The summed E-state index contributed by atoms with van der Waals surface area (Å²) in [7, 11) is 0. The fourth-order valence-electron chi connectivity index (χ4n) is 3.77. The van der Waals surface area contributed by atoms with Crippen molar-refractivity contribution in [3.05, 3.63) is 35.9 Å². The third-order valence-electron chi connectivity index (χ3n) is 5.28. The van der Waals surface area contributed by atoms with Gasteiger partial charge in [-0.25, -0.2) is 0 Å². The van der Waals surface area contributed by atoms with Gasteiger partial charge in [-0.15, -0.1) is 12.4 Å². The number of halogens is 1. The van der Waals surface area contributed by atoms with E-state index in [0.717, 1.165) is 31.5 Å². The Morgan fingerprint density at radius 3 is 2.88 bits per heavy atom. The van der Waals surface area contributed by atoms with Crippen LogP contribution in [0.4, 0.5) is 0 Å². The van der Waals surface area contributed by atoms with Crippen molar-refractivity contribution < 1.29 is 14.6 Å². The van der Waals surface area contributed by atoms with E-state index in [-0.39, 0.29) is 29.8 Å². The third kappa shape index (κ3) is 4.73. The number of amides is 1. The smallest absolute Gasteiger partial charge is 0.230 e. The third-order valence-corrected chi connectivity index (χ3v) is 5.28. The van der Waals surface area contributed by atoms with E-state index in [1.54, 1.807) is 0 Å². The second-order valence-corrected chi connectivity index (χ2v) is 7.23. The number of rotatable bonds is 4. The van der Waals surface area contributed by atoms with Crippen LogP contribution in [0.15, 0.2) is 30.3 Å². The van der Waals surface area contributed by atoms with Crippen LogP contribution < -0.4 is 5.32 Å². The first-order valence-electron chi connectivity index (χ1n) is 8.93. The Hall–Kier alpha value is -1.14. The van der Waals surface area contributed by atoms with Gasteiger partial charge in [0, 0.05) is 19.5 Å². The maximum absolute atomic E-state index is 13.2. The molecule has 3 unspecified atom stereocenters. The quantitative estimate of drug-likeness (QED) is 0.854. The number of carbonyl (C=O) groups is 1. The van der Waals surface area contributed by atoms with E-state index in [0.29, 0.717) is 26.2 Å². The monoisotopic (exact) mass is 368 g/mol. The maximum Gasteiger partial charge on any atom is 0.230 e. The van der Waals surface area contributed by atoms with Crippen molar-refractivity contribution >= 4 is 18.3 Å². The number of hydrogen-bond acceptors (Lipinski definition) is 4. The van der Waals surface area contributed by atoms with E-state index < -0.39 is 6.10 Å². The predicted octanol–water partition coefficient (Wildman–Crippen LogP) is 2.15. The molecule has 2 aliphatic rings. The van der Waals surface area contributed by atoms with Gasteiger partial charge in [-0.05, 0) is 31.9 Å². The molecule has 3 atom stereocenters. The highest BCUT2D eigenvalue weighted by molar-refractivity contribution is 5.85. The standard InChI is InChI=1S/C19H28N2O3.ClH/c1-19(8-5-9-20-14-19)18(23)21-10-11-24-13-16(21)12-17(22)15-6-3-2-4-7-15;/h2-4,6-7,16-17,20,22H,5,8-14H2,1H3;1H. The van der Waals surface area contributed by atoms with Crippen molar-refractivity contribution in [3.63, 3.8) is 0 Å². The van der Waals surface area contributed by atoms with Gasteiger partial charge >= 0.3 is 0 Å². The number of benzene rings is 1. The van der Waals surface area contributed by atoms with Crippen LogP contribution in [0.25, 0.3) is 0 Å². The number of ether oxygens (including phenoxy) is 1. The normalized spacial score (nSPS) is 28.1. The molecule has 140 valence electrons. The Labute approximate surface area is 156 Å². The maximum atomic E-state index is 13.2. The summed E-state index contributed by atoms with van der Waals surface area (Å²) >= 11 is 0. The van der Waals surface area contributed by atoms with E-state index in [2.05, 4.69) is 12.2 Å². The molecule has 2 heterocycles. The van der Waals surface area contributed by atoms with Crippen LogP contribution in [0.2, 0.25) is 0 Å². The van der Waals surface area contributed by atoms with Crippen molar-refractivity contribution in [2.75, 3.05) is 32.8 Å². The molecule has 0 bridgehead atoms. The zero-order valence-corrected chi connectivity index (χ0v) is 15.6. The van der Waals surface area contributed by atoms with Gasteiger partial charge in [0.15, 0.2) is 0 Å². The zero-order valence-electron chi connectivity index (χ0n) is 14.8. The summed E-state index contributed by atoms with van der Waals surface area (Å²) in [5.41, 5.74) is 0.548. The Kier molecular flexibility index (Phi) is 7.25. The summed E-state index contributed by atoms with van der Waals surface area (Å²) < 4.78 is 5.60. The zero-order chi connectivity index (χ0) is 17.0. The van der Waals surface area contributed by atoms with Crippen molar-refractivity contribution in [1.29, 1.82) is 0 Å². The Balaban J connectivity index is 0.00000225. The first kappa shape index (κ1) is 20.2. The number of piperidine rings is 1. The van der Waals surface area contributed by atoms with Crippen LogP contribution in [-0.2, 0) is 9.53 Å².